The first-order valence-corrected chi connectivity index (χ1v) is 5.35. The van der Waals surface area contributed by atoms with E-state index in [1.807, 2.05) is 0 Å². The Kier molecular flexibility index (Phi) is 2.83. The number of carboxylic acids is 1. The van der Waals surface area contributed by atoms with Crippen LogP contribution in [0.2, 0.25) is 0 Å². The molecular weight excluding hydrogens is 208 g/mol. The molecule has 0 heterocycles. The average Bonchev–Trinajstić information content (AvgIpc) is 2.29. The number of aromatic hydroxyl groups is 1. The fraction of sp³-hybridized carbons (Fsp3) is 0.417. The summed E-state index contributed by atoms with van der Waals surface area (Å²) in [6, 6.07) is 3.30. The summed E-state index contributed by atoms with van der Waals surface area (Å²) >= 11 is 0. The van der Waals surface area contributed by atoms with Crippen LogP contribution in [0.15, 0.2) is 12.1 Å². The molecule has 0 radical (unpaired) electrons. The van der Waals surface area contributed by atoms with E-state index in [9.17, 15) is 15.0 Å². The maximum atomic E-state index is 10.7. The van der Waals surface area contributed by atoms with Crippen LogP contribution in [-0.2, 0) is 17.6 Å². The van der Waals surface area contributed by atoms with Gasteiger partial charge in [-0.1, -0.05) is 12.1 Å². The molecule has 86 valence electrons. The second kappa shape index (κ2) is 4.14. The number of rotatable bonds is 2. The molecule has 0 spiro atoms. The number of aryl methyl sites for hydroxylation is 1. The van der Waals surface area contributed by atoms with E-state index in [1.54, 1.807) is 6.07 Å². The van der Waals surface area contributed by atoms with Gasteiger partial charge in [0.15, 0.2) is 6.10 Å². The Morgan fingerprint density at radius 1 is 1.25 bits per heavy atom. The van der Waals surface area contributed by atoms with Crippen molar-refractivity contribution in [3.8, 4) is 5.75 Å². The summed E-state index contributed by atoms with van der Waals surface area (Å²) in [5, 5.41) is 28.1. The molecule has 4 nitrogen and oxygen atoms in total. The minimum atomic E-state index is -1.65. The Bertz CT molecular complexity index is 425. The molecule has 1 unspecified atom stereocenters. The molecule has 1 aromatic rings. The highest BCUT2D eigenvalue weighted by molar-refractivity contribution is 5.75. The summed E-state index contributed by atoms with van der Waals surface area (Å²) in [4.78, 5) is 10.7. The van der Waals surface area contributed by atoms with Crippen molar-refractivity contribution in [2.24, 2.45) is 0 Å². The molecule has 1 aliphatic carbocycles. The van der Waals surface area contributed by atoms with E-state index < -0.39 is 12.1 Å². The number of phenols is 1. The molecule has 3 N–H and O–H groups in total. The zero-order chi connectivity index (χ0) is 11.7. The molecule has 1 atom stereocenters. The van der Waals surface area contributed by atoms with Gasteiger partial charge in [-0.3, -0.25) is 0 Å². The number of phenolic OH excluding ortho intramolecular Hbond substituents is 1. The summed E-state index contributed by atoms with van der Waals surface area (Å²) < 4.78 is 0. The lowest BCUT2D eigenvalue weighted by molar-refractivity contribution is -0.147. The van der Waals surface area contributed by atoms with Gasteiger partial charge in [0, 0.05) is 5.56 Å². The van der Waals surface area contributed by atoms with Crippen LogP contribution >= 0.6 is 0 Å². The SMILES string of the molecule is O=C(O)C(O)c1ccc2c(c1O)CCCC2. The molecule has 1 aromatic carbocycles. The Hall–Kier alpha value is -1.55. The van der Waals surface area contributed by atoms with E-state index in [0.29, 0.717) is 0 Å². The molecule has 2 rings (SSSR count). The number of hydrogen-bond acceptors (Lipinski definition) is 3. The number of carboxylic acid groups (broad SMARTS) is 1. The van der Waals surface area contributed by atoms with E-state index in [0.717, 1.165) is 36.8 Å². The van der Waals surface area contributed by atoms with Crippen LogP contribution in [0.5, 0.6) is 5.75 Å². The van der Waals surface area contributed by atoms with E-state index in [4.69, 9.17) is 5.11 Å². The number of benzene rings is 1. The molecule has 0 fully saturated rings. The first-order chi connectivity index (χ1) is 7.61. The Balaban J connectivity index is 2.45. The van der Waals surface area contributed by atoms with Crippen molar-refractivity contribution in [2.45, 2.75) is 31.8 Å². The molecule has 1 aliphatic rings. The highest BCUT2D eigenvalue weighted by Gasteiger charge is 2.23. The van der Waals surface area contributed by atoms with Gasteiger partial charge in [-0.2, -0.15) is 0 Å². The molecular formula is C12H14O4. The smallest absolute Gasteiger partial charge is 0.337 e. The van der Waals surface area contributed by atoms with Gasteiger partial charge in [0.2, 0.25) is 0 Å². The predicted molar refractivity (Wildman–Crippen MR) is 57.3 cm³/mol. The minimum absolute atomic E-state index is 0.0490. The molecule has 4 heteroatoms. The highest BCUT2D eigenvalue weighted by atomic mass is 16.4. The molecule has 0 aromatic heterocycles. The zero-order valence-electron chi connectivity index (χ0n) is 8.81. The number of fused-ring (bicyclic) bond motifs is 1. The van der Waals surface area contributed by atoms with E-state index in [-0.39, 0.29) is 11.3 Å². The summed E-state index contributed by atoms with van der Waals surface area (Å²) in [6.07, 6.45) is 2.10. The second-order valence-corrected chi connectivity index (χ2v) is 4.09. The topological polar surface area (TPSA) is 77.8 Å². The third-order valence-electron chi connectivity index (χ3n) is 3.06. The van der Waals surface area contributed by atoms with Crippen molar-refractivity contribution < 1.29 is 20.1 Å². The van der Waals surface area contributed by atoms with Gasteiger partial charge in [-0.15, -0.1) is 0 Å². The minimum Gasteiger partial charge on any atom is -0.507 e. The lowest BCUT2D eigenvalue weighted by atomic mass is 9.88. The van der Waals surface area contributed by atoms with Crippen molar-refractivity contribution in [1.29, 1.82) is 0 Å². The Labute approximate surface area is 93.2 Å². The number of aliphatic carboxylic acids is 1. The third kappa shape index (κ3) is 1.76. The van der Waals surface area contributed by atoms with Crippen LogP contribution in [0.3, 0.4) is 0 Å². The Morgan fingerprint density at radius 3 is 2.62 bits per heavy atom. The highest BCUT2D eigenvalue weighted by Crippen LogP contribution is 2.34. The molecule has 0 amide bonds. The quantitative estimate of drug-likeness (QED) is 0.706. The standard InChI is InChI=1S/C12H14O4/c13-10-8-4-2-1-3-7(8)5-6-9(10)11(14)12(15)16/h5-6,11,13-14H,1-4H2,(H,15,16). The van der Waals surface area contributed by atoms with Crippen LogP contribution < -0.4 is 0 Å². The van der Waals surface area contributed by atoms with Crippen LogP contribution in [0.25, 0.3) is 0 Å². The number of aliphatic hydroxyl groups excluding tert-OH is 1. The monoisotopic (exact) mass is 222 g/mol. The van der Waals surface area contributed by atoms with Gasteiger partial charge in [0.25, 0.3) is 0 Å². The van der Waals surface area contributed by atoms with Crippen LogP contribution in [0, 0.1) is 0 Å². The van der Waals surface area contributed by atoms with Gasteiger partial charge in [-0.05, 0) is 36.8 Å². The maximum absolute atomic E-state index is 10.7. The lowest BCUT2D eigenvalue weighted by Crippen LogP contribution is -2.13. The van der Waals surface area contributed by atoms with Gasteiger partial charge in [0.05, 0.1) is 0 Å². The average molecular weight is 222 g/mol. The number of hydrogen-bond donors (Lipinski definition) is 3. The lowest BCUT2D eigenvalue weighted by Gasteiger charge is -2.19. The summed E-state index contributed by atoms with van der Waals surface area (Å²) in [7, 11) is 0. The molecule has 0 aliphatic heterocycles. The van der Waals surface area contributed by atoms with Crippen molar-refractivity contribution in [3.05, 3.63) is 28.8 Å². The number of carbonyl (C=O) groups is 1. The van der Waals surface area contributed by atoms with Crippen LogP contribution in [0.1, 0.15) is 35.6 Å². The molecule has 0 saturated heterocycles. The van der Waals surface area contributed by atoms with Gasteiger partial charge >= 0.3 is 5.97 Å². The third-order valence-corrected chi connectivity index (χ3v) is 3.06. The summed E-state index contributed by atoms with van der Waals surface area (Å²) in [5.41, 5.74) is 1.95. The van der Waals surface area contributed by atoms with Crippen molar-refractivity contribution in [1.82, 2.24) is 0 Å². The largest absolute Gasteiger partial charge is 0.507 e. The van der Waals surface area contributed by atoms with Crippen LogP contribution in [-0.4, -0.2) is 21.3 Å². The molecule has 0 bridgehead atoms. The second-order valence-electron chi connectivity index (χ2n) is 4.09. The first-order valence-electron chi connectivity index (χ1n) is 5.35. The maximum Gasteiger partial charge on any atom is 0.337 e. The Morgan fingerprint density at radius 2 is 1.94 bits per heavy atom. The fourth-order valence-corrected chi connectivity index (χ4v) is 2.18. The molecule has 16 heavy (non-hydrogen) atoms. The summed E-state index contributed by atoms with van der Waals surface area (Å²) in [6.45, 7) is 0. The van der Waals surface area contributed by atoms with Gasteiger partial charge in [-0.25, -0.2) is 4.79 Å². The van der Waals surface area contributed by atoms with E-state index in [1.165, 1.54) is 6.07 Å². The summed E-state index contributed by atoms with van der Waals surface area (Å²) in [5.74, 6) is -1.39. The van der Waals surface area contributed by atoms with Crippen molar-refractivity contribution >= 4 is 5.97 Å². The van der Waals surface area contributed by atoms with E-state index in [2.05, 4.69) is 0 Å². The van der Waals surface area contributed by atoms with Crippen molar-refractivity contribution in [3.63, 3.8) is 0 Å². The van der Waals surface area contributed by atoms with Gasteiger partial charge < -0.3 is 15.3 Å². The zero-order valence-corrected chi connectivity index (χ0v) is 8.81. The predicted octanol–water partition coefficient (Wildman–Crippen LogP) is 1.39. The van der Waals surface area contributed by atoms with Gasteiger partial charge in [0.1, 0.15) is 5.75 Å². The van der Waals surface area contributed by atoms with Crippen molar-refractivity contribution in [2.75, 3.05) is 0 Å². The molecule has 0 saturated carbocycles. The number of aliphatic hydroxyl groups is 1. The van der Waals surface area contributed by atoms with E-state index >= 15 is 0 Å². The first kappa shape index (κ1) is 11.0. The fourth-order valence-electron chi connectivity index (χ4n) is 2.18. The normalized spacial score (nSPS) is 16.6. The van der Waals surface area contributed by atoms with Crippen LogP contribution in [0.4, 0.5) is 0 Å².